The minimum absolute atomic E-state index is 0.0504. The zero-order valence-corrected chi connectivity index (χ0v) is 16.9. The van der Waals surface area contributed by atoms with Crippen LogP contribution in [-0.4, -0.2) is 50.3 Å². The average molecular weight is 469 g/mol. The highest BCUT2D eigenvalue weighted by molar-refractivity contribution is 7.80. The zero-order valence-electron chi connectivity index (χ0n) is 15.2. The van der Waals surface area contributed by atoms with Crippen molar-refractivity contribution in [2.45, 2.75) is 31.9 Å². The summed E-state index contributed by atoms with van der Waals surface area (Å²) in [5.74, 6) is 5.56. The summed E-state index contributed by atoms with van der Waals surface area (Å²) >= 11 is 4.66. The molecular weight excluding hydrogens is 449 g/mol. The van der Waals surface area contributed by atoms with Crippen molar-refractivity contribution in [2.24, 2.45) is 5.84 Å². The highest BCUT2D eigenvalue weighted by atomic mass is 32.1. The monoisotopic (exact) mass is 469 g/mol. The number of hydrogen-bond acceptors (Lipinski definition) is 3. The number of nitrogens with one attached hydrogen (secondary N) is 1. The first-order valence-corrected chi connectivity index (χ1v) is 9.98. The number of halogens is 6. The lowest BCUT2D eigenvalue weighted by Gasteiger charge is -2.51. The third-order valence-electron chi connectivity index (χ3n) is 4.53. The van der Waals surface area contributed by atoms with Crippen LogP contribution >= 0.6 is 20.0 Å². The highest BCUT2D eigenvalue weighted by Gasteiger charge is 2.86. The topological polar surface area (TPSA) is 98.8 Å². The first-order chi connectivity index (χ1) is 13.0. The van der Waals surface area contributed by atoms with Crippen molar-refractivity contribution in [1.29, 1.82) is 0 Å². The van der Waals surface area contributed by atoms with E-state index < -0.39 is 48.2 Å². The van der Waals surface area contributed by atoms with Gasteiger partial charge in [0.2, 0.25) is 0 Å². The van der Waals surface area contributed by atoms with Crippen molar-refractivity contribution in [3.8, 4) is 0 Å². The number of rotatable bonds is 6. The van der Waals surface area contributed by atoms with Gasteiger partial charge in [0, 0.05) is 0 Å². The molecule has 0 atom stereocenters. The fourth-order valence-electron chi connectivity index (χ4n) is 3.06. The van der Waals surface area contributed by atoms with Gasteiger partial charge in [-0.05, 0) is 38.2 Å². The second-order valence-corrected chi connectivity index (χ2v) is 8.09. The number of nitrogens with two attached hydrogens (primary N) is 1. The van der Waals surface area contributed by atoms with Gasteiger partial charge in [-0.25, -0.2) is 14.7 Å². The molecule has 7 nitrogen and oxygen atoms in total. The number of thiocarbonyl (C=S) groups is 1. The predicted molar refractivity (Wildman–Crippen MR) is 97.1 cm³/mol. The summed E-state index contributed by atoms with van der Waals surface area (Å²) < 4.78 is 93.5. The van der Waals surface area contributed by atoms with Crippen molar-refractivity contribution >= 4 is 30.8 Å². The Labute approximate surface area is 167 Å². The van der Waals surface area contributed by atoms with Crippen LogP contribution < -0.4 is 16.2 Å². The minimum atomic E-state index is -6.22. The van der Waals surface area contributed by atoms with E-state index in [2.05, 4.69) is 12.2 Å². The van der Waals surface area contributed by atoms with Crippen molar-refractivity contribution < 1.29 is 44.9 Å². The number of nitrogens with zero attached hydrogens (tertiary/aromatic N) is 2. The van der Waals surface area contributed by atoms with Gasteiger partial charge >= 0.3 is 25.8 Å². The molecule has 0 heterocycles. The number of quaternary nitrogens is 1. The maximum atomic E-state index is 14.0. The Balaban J connectivity index is 3.78. The third kappa shape index (κ3) is 4.23. The third-order valence-corrected chi connectivity index (χ3v) is 6.69. The van der Waals surface area contributed by atoms with Gasteiger partial charge in [-0.1, -0.05) is 18.2 Å². The maximum Gasteiger partial charge on any atom is 0.528 e. The molecule has 0 aliphatic heterocycles. The lowest BCUT2D eigenvalue weighted by atomic mass is 10.1. The van der Waals surface area contributed by atoms with Crippen molar-refractivity contribution in [3.05, 3.63) is 30.3 Å². The van der Waals surface area contributed by atoms with Gasteiger partial charge in [0.1, 0.15) is 0 Å². The smallest absolute Gasteiger partial charge is 0.294 e. The van der Waals surface area contributed by atoms with Crippen LogP contribution in [0.15, 0.2) is 30.3 Å². The van der Waals surface area contributed by atoms with Gasteiger partial charge in [0.05, 0.1) is 18.8 Å². The summed E-state index contributed by atoms with van der Waals surface area (Å²) in [5.41, 5.74) is -5.18. The van der Waals surface area contributed by atoms with E-state index in [1.165, 1.54) is 30.3 Å². The summed E-state index contributed by atoms with van der Waals surface area (Å²) in [4.78, 5) is 19.2. The normalized spacial score (nSPS) is 13.9. The summed E-state index contributed by atoms with van der Waals surface area (Å²) in [5, 5.41) is 0.236. The van der Waals surface area contributed by atoms with E-state index in [-0.39, 0.29) is 5.69 Å². The number of alkyl halides is 6. The first kappa shape index (κ1) is 25.6. The second kappa shape index (κ2) is 8.36. The molecule has 0 radical (unpaired) electrons. The summed E-state index contributed by atoms with van der Waals surface area (Å²) in [6.45, 7) is -0.829. The number of hydrazine groups is 1. The van der Waals surface area contributed by atoms with Crippen LogP contribution in [0.5, 0.6) is 0 Å². The van der Waals surface area contributed by atoms with E-state index in [1.54, 1.807) is 0 Å². The molecule has 1 aromatic rings. The van der Waals surface area contributed by atoms with E-state index in [0.29, 0.717) is 5.01 Å². The number of benzene rings is 1. The lowest BCUT2D eigenvalue weighted by molar-refractivity contribution is -0.911. The quantitative estimate of drug-likeness (QED) is 0.127. The Kier molecular flexibility index (Phi) is 7.38. The van der Waals surface area contributed by atoms with Gasteiger partial charge in [0.15, 0.2) is 5.11 Å². The summed E-state index contributed by atoms with van der Waals surface area (Å²) in [6, 6.07) is 6.87. The Morgan fingerprint density at radius 2 is 1.52 bits per heavy atom. The first-order valence-electron chi connectivity index (χ1n) is 8.01. The largest absolute Gasteiger partial charge is 0.528 e. The Bertz CT molecular complexity index is 753. The average Bonchev–Trinajstić information content (AvgIpc) is 2.58. The molecule has 5 N–H and O–H groups in total. The molecule has 0 amide bonds. The molecule has 15 heteroatoms. The molecule has 0 aliphatic rings. The maximum absolute atomic E-state index is 14.0. The summed E-state index contributed by atoms with van der Waals surface area (Å²) in [6.07, 6.45) is -12.4. The molecule has 1 rings (SSSR count). The molecule has 0 aliphatic carbocycles. The van der Waals surface area contributed by atoms with E-state index in [1.807, 2.05) is 0 Å². The molecule has 0 fully saturated rings. The van der Waals surface area contributed by atoms with Crippen LogP contribution in [0.25, 0.3) is 0 Å². The number of para-hydroxylation sites is 1. The second-order valence-electron chi connectivity index (χ2n) is 5.91. The van der Waals surface area contributed by atoms with E-state index in [4.69, 9.17) is 5.84 Å². The van der Waals surface area contributed by atoms with Crippen molar-refractivity contribution in [3.63, 3.8) is 0 Å². The molecule has 0 saturated heterocycles. The Morgan fingerprint density at radius 1 is 1.10 bits per heavy atom. The van der Waals surface area contributed by atoms with Gasteiger partial charge in [0.25, 0.3) is 0 Å². The minimum Gasteiger partial charge on any atom is -0.294 e. The van der Waals surface area contributed by atoms with Crippen LogP contribution in [0.4, 0.5) is 32.0 Å². The molecule has 1 aromatic carbocycles. The Morgan fingerprint density at radius 3 is 1.83 bits per heavy atom. The van der Waals surface area contributed by atoms with Gasteiger partial charge < -0.3 is 0 Å². The van der Waals surface area contributed by atoms with Crippen LogP contribution in [0.3, 0.4) is 0 Å². The highest BCUT2D eigenvalue weighted by Crippen LogP contribution is 2.61. The molecule has 0 spiro atoms. The van der Waals surface area contributed by atoms with Crippen LogP contribution in [0, 0.1) is 0 Å². The standard InChI is InChI=1S/C14H19F6N4O3PS/c1-3-24(4-2,28(25,26)27)12(13(15,16)17,14(18,19)20)22-11(29)23(21)10-8-6-5-7-9-10/h5-9H,3-4,21H2,1-2H3,(H2-,22,25,26,27,29)/p+1. The zero-order chi connectivity index (χ0) is 22.9. The molecule has 0 aromatic heterocycles. The summed E-state index contributed by atoms with van der Waals surface area (Å²) in [7, 11) is -6.06. The molecule has 29 heavy (non-hydrogen) atoms. The molecule has 166 valence electrons. The van der Waals surface area contributed by atoms with E-state index in [9.17, 15) is 40.7 Å². The van der Waals surface area contributed by atoms with Gasteiger partial charge in [-0.3, -0.25) is 20.1 Å². The molecular formula is C14H20F6N4O3PS+. The molecule has 0 unspecified atom stereocenters. The molecule has 0 bridgehead atoms. The number of hydrogen-bond donors (Lipinski definition) is 4. The van der Waals surface area contributed by atoms with E-state index >= 15 is 0 Å². The van der Waals surface area contributed by atoms with Crippen molar-refractivity contribution in [2.75, 3.05) is 18.1 Å². The van der Waals surface area contributed by atoms with E-state index in [0.717, 1.165) is 19.2 Å². The van der Waals surface area contributed by atoms with Gasteiger partial charge in [-0.15, -0.1) is 0 Å². The predicted octanol–water partition coefficient (Wildman–Crippen LogP) is 3.01. The van der Waals surface area contributed by atoms with Crippen LogP contribution in [0.1, 0.15) is 13.8 Å². The van der Waals surface area contributed by atoms with Crippen LogP contribution in [-0.2, 0) is 4.57 Å². The fourth-order valence-corrected chi connectivity index (χ4v) is 4.72. The fraction of sp³-hybridized carbons (Fsp3) is 0.500. The van der Waals surface area contributed by atoms with Gasteiger partial charge in [-0.2, -0.15) is 26.3 Å². The van der Waals surface area contributed by atoms with Crippen LogP contribution in [0.2, 0.25) is 0 Å². The van der Waals surface area contributed by atoms with Crippen molar-refractivity contribution in [1.82, 2.24) is 5.32 Å². The SMILES string of the molecule is CC[N+](CC)(C(NC(=S)N(N)c1ccccc1)(C(F)(F)F)C(F)(F)F)P(=O)(O)O. The lowest BCUT2D eigenvalue weighted by Crippen LogP contribution is -2.83. The Hall–Kier alpha value is -1.44. The molecule has 0 saturated carbocycles. The number of anilines is 1.